The molecule has 4 rings (SSSR count). The van der Waals surface area contributed by atoms with Crippen LogP contribution in [0.25, 0.3) is 11.3 Å². The van der Waals surface area contributed by atoms with Crippen molar-refractivity contribution in [2.24, 2.45) is 0 Å². The predicted octanol–water partition coefficient (Wildman–Crippen LogP) is 4.70. The molecule has 1 aliphatic heterocycles. The van der Waals surface area contributed by atoms with Gasteiger partial charge in [0.2, 0.25) is 5.78 Å². The first kappa shape index (κ1) is 17.7. The third kappa shape index (κ3) is 3.46. The van der Waals surface area contributed by atoms with Crippen LogP contribution in [0.1, 0.15) is 53.5 Å². The zero-order valence-corrected chi connectivity index (χ0v) is 16.4. The Labute approximate surface area is 161 Å². The van der Waals surface area contributed by atoms with E-state index < -0.39 is 0 Å². The number of rotatable bonds is 5. The molecule has 0 N–H and O–H groups in total. The summed E-state index contributed by atoms with van der Waals surface area (Å²) in [6.45, 7) is 7.88. The van der Waals surface area contributed by atoms with E-state index in [1.807, 2.05) is 12.1 Å². The topological polar surface area (TPSA) is 25.9 Å². The van der Waals surface area contributed by atoms with Gasteiger partial charge in [0.05, 0.1) is 13.0 Å². The molecule has 0 unspecified atom stereocenters. The number of fused-ring (bicyclic) bond motifs is 1. The number of hydrogen-bond donors (Lipinski definition) is 0. The summed E-state index contributed by atoms with van der Waals surface area (Å²) >= 11 is 0. The Kier molecular flexibility index (Phi) is 4.69. The van der Waals surface area contributed by atoms with Gasteiger partial charge in [-0.05, 0) is 24.8 Å². The van der Waals surface area contributed by atoms with Crippen LogP contribution >= 0.6 is 0 Å². The molecule has 3 heteroatoms. The van der Waals surface area contributed by atoms with E-state index in [0.717, 1.165) is 24.9 Å². The quantitative estimate of drug-likeness (QED) is 0.479. The summed E-state index contributed by atoms with van der Waals surface area (Å²) in [5.74, 6) is 1.92. The van der Waals surface area contributed by atoms with E-state index in [2.05, 4.69) is 72.5 Å². The number of carbonyl (C=O) groups excluding carboxylic acids is 1. The first-order valence-electron chi connectivity index (χ1n) is 9.85. The fraction of sp³-hybridized carbons (Fsp3) is 0.333. The number of ketones is 1. The van der Waals surface area contributed by atoms with E-state index in [0.29, 0.717) is 12.5 Å². The summed E-state index contributed by atoms with van der Waals surface area (Å²) < 4.78 is 4.53. The van der Waals surface area contributed by atoms with E-state index in [-0.39, 0.29) is 5.78 Å². The lowest BCUT2D eigenvalue weighted by atomic mass is 10.0. The molecular weight excluding hydrogens is 332 g/mol. The van der Waals surface area contributed by atoms with Gasteiger partial charge in [-0.25, -0.2) is 9.13 Å². The van der Waals surface area contributed by atoms with Gasteiger partial charge in [0.25, 0.3) is 5.82 Å². The molecule has 2 heterocycles. The van der Waals surface area contributed by atoms with Crippen molar-refractivity contribution in [3.63, 3.8) is 0 Å². The predicted molar refractivity (Wildman–Crippen MR) is 108 cm³/mol. The van der Waals surface area contributed by atoms with Crippen LogP contribution in [-0.2, 0) is 19.5 Å². The largest absolute Gasteiger partial charge is 0.290 e. The maximum atomic E-state index is 12.9. The van der Waals surface area contributed by atoms with Crippen LogP contribution in [0.15, 0.2) is 54.7 Å². The van der Waals surface area contributed by atoms with Crippen LogP contribution in [0.5, 0.6) is 0 Å². The molecule has 0 atom stereocenters. The number of nitrogens with zero attached hydrogens (tertiary/aromatic N) is 2. The summed E-state index contributed by atoms with van der Waals surface area (Å²) in [6.07, 6.45) is 4.33. The average Bonchev–Trinajstić information content (AvgIpc) is 3.26. The minimum Gasteiger partial charge on any atom is -0.290 e. The minimum absolute atomic E-state index is 0.172. The first-order valence-corrected chi connectivity index (χ1v) is 9.85. The normalized spacial score (nSPS) is 13.2. The van der Waals surface area contributed by atoms with Gasteiger partial charge in [0.1, 0.15) is 6.20 Å². The molecule has 27 heavy (non-hydrogen) atoms. The van der Waals surface area contributed by atoms with Crippen LogP contribution in [0.4, 0.5) is 0 Å². The van der Waals surface area contributed by atoms with E-state index in [1.165, 1.54) is 28.2 Å². The van der Waals surface area contributed by atoms with E-state index in [9.17, 15) is 4.79 Å². The summed E-state index contributed by atoms with van der Waals surface area (Å²) in [7, 11) is 0. The molecule has 3 nitrogen and oxygen atoms in total. The van der Waals surface area contributed by atoms with Crippen molar-refractivity contribution in [3.8, 4) is 11.3 Å². The lowest BCUT2D eigenvalue weighted by Gasteiger charge is -2.06. The van der Waals surface area contributed by atoms with Gasteiger partial charge < -0.3 is 0 Å². The molecule has 0 bridgehead atoms. The van der Waals surface area contributed by atoms with Gasteiger partial charge in [-0.15, -0.1) is 0 Å². The second kappa shape index (κ2) is 7.15. The second-order valence-corrected chi connectivity index (χ2v) is 7.88. The highest BCUT2D eigenvalue weighted by Crippen LogP contribution is 2.25. The van der Waals surface area contributed by atoms with Gasteiger partial charge in [-0.3, -0.25) is 4.79 Å². The molecule has 3 aromatic rings. The fourth-order valence-corrected chi connectivity index (χ4v) is 3.90. The molecule has 0 spiro atoms. The summed E-state index contributed by atoms with van der Waals surface area (Å²) in [5, 5.41) is 0. The van der Waals surface area contributed by atoms with Gasteiger partial charge in [-0.1, -0.05) is 67.9 Å². The number of Topliss-reactive ketones (excluding diaryl/α,β-unsaturated/α-hetero) is 1. The van der Waals surface area contributed by atoms with Crippen LogP contribution < -0.4 is 4.57 Å². The Morgan fingerprint density at radius 3 is 2.44 bits per heavy atom. The molecule has 0 aliphatic carbocycles. The zero-order valence-electron chi connectivity index (χ0n) is 16.4. The van der Waals surface area contributed by atoms with Crippen molar-refractivity contribution >= 4 is 5.78 Å². The Hall–Kier alpha value is -2.68. The van der Waals surface area contributed by atoms with Crippen molar-refractivity contribution in [3.05, 3.63) is 77.2 Å². The number of aryl methyl sites for hydroxylation is 1. The highest BCUT2D eigenvalue weighted by molar-refractivity contribution is 5.95. The van der Waals surface area contributed by atoms with Crippen LogP contribution in [0.3, 0.4) is 0 Å². The highest BCUT2D eigenvalue weighted by Gasteiger charge is 2.29. The molecule has 2 aromatic carbocycles. The zero-order chi connectivity index (χ0) is 19.0. The van der Waals surface area contributed by atoms with Gasteiger partial charge in [0, 0.05) is 11.1 Å². The van der Waals surface area contributed by atoms with Crippen LogP contribution in [0.2, 0.25) is 0 Å². The molecular formula is C24H27N2O+. The number of imidazole rings is 1. The Morgan fingerprint density at radius 1 is 1.07 bits per heavy atom. The maximum absolute atomic E-state index is 12.9. The monoisotopic (exact) mass is 359 g/mol. The van der Waals surface area contributed by atoms with Gasteiger partial charge in [0.15, 0.2) is 12.2 Å². The van der Waals surface area contributed by atoms with E-state index in [4.69, 9.17) is 0 Å². The van der Waals surface area contributed by atoms with Crippen molar-refractivity contribution in [2.75, 3.05) is 0 Å². The smallest absolute Gasteiger partial charge is 0.257 e. The number of carbonyl (C=O) groups is 1. The van der Waals surface area contributed by atoms with Crippen molar-refractivity contribution in [1.82, 2.24) is 4.57 Å². The third-order valence-corrected chi connectivity index (χ3v) is 5.55. The summed E-state index contributed by atoms with van der Waals surface area (Å²) in [4.78, 5) is 12.9. The minimum atomic E-state index is 0.172. The highest BCUT2D eigenvalue weighted by atomic mass is 16.1. The summed E-state index contributed by atoms with van der Waals surface area (Å²) in [6, 6.07) is 16.7. The number of hydrogen-bond acceptors (Lipinski definition) is 1. The average molecular weight is 359 g/mol. The number of benzene rings is 2. The van der Waals surface area contributed by atoms with E-state index in [1.54, 1.807) is 0 Å². The van der Waals surface area contributed by atoms with Crippen LogP contribution in [0, 0.1) is 6.92 Å². The van der Waals surface area contributed by atoms with Crippen molar-refractivity contribution < 1.29 is 9.36 Å². The van der Waals surface area contributed by atoms with Gasteiger partial charge in [-0.2, -0.15) is 0 Å². The Bertz CT molecular complexity index is 963. The molecule has 0 saturated carbocycles. The SMILES string of the molecule is Cc1ccc(-c2c[n+](CC(=O)c3ccc(C(C)C)cc3)c3n2CCC3)cc1. The van der Waals surface area contributed by atoms with Crippen LogP contribution in [-0.4, -0.2) is 10.4 Å². The molecule has 1 aromatic heterocycles. The molecule has 0 saturated heterocycles. The van der Waals surface area contributed by atoms with Crippen molar-refractivity contribution in [1.29, 1.82) is 0 Å². The molecule has 1 aliphatic rings. The van der Waals surface area contributed by atoms with Gasteiger partial charge >= 0.3 is 0 Å². The maximum Gasteiger partial charge on any atom is 0.257 e. The standard InChI is InChI=1S/C24H27N2O/c1-17(2)19-10-12-21(13-11-19)23(27)16-25-15-22(26-14-4-5-24(25)26)20-8-6-18(3)7-9-20/h6-13,15,17H,4-5,14,16H2,1-3H3/q+1. The fourth-order valence-electron chi connectivity index (χ4n) is 3.90. The lowest BCUT2D eigenvalue weighted by molar-refractivity contribution is -0.689. The molecule has 0 radical (unpaired) electrons. The second-order valence-electron chi connectivity index (χ2n) is 7.88. The Balaban J connectivity index is 1.62. The number of aromatic nitrogens is 2. The van der Waals surface area contributed by atoms with Crippen molar-refractivity contribution in [2.45, 2.75) is 52.6 Å². The Morgan fingerprint density at radius 2 is 1.78 bits per heavy atom. The molecule has 138 valence electrons. The lowest BCUT2D eigenvalue weighted by Crippen LogP contribution is -2.40. The first-order chi connectivity index (χ1) is 13.0. The molecule has 0 fully saturated rings. The summed E-state index contributed by atoms with van der Waals surface area (Å²) in [5.41, 5.74) is 5.76. The van der Waals surface area contributed by atoms with E-state index >= 15 is 0 Å². The third-order valence-electron chi connectivity index (χ3n) is 5.55. The molecule has 0 amide bonds.